The average Bonchev–Trinajstić information content (AvgIpc) is 2.66. The Morgan fingerprint density at radius 2 is 2.08 bits per heavy atom. The molecule has 0 aromatic rings. The van der Waals surface area contributed by atoms with Gasteiger partial charge in [0.15, 0.2) is 0 Å². The number of hydrogen-bond donors (Lipinski definition) is 0. The van der Waals surface area contributed by atoms with E-state index in [1.54, 1.807) is 7.05 Å². The highest BCUT2D eigenvalue weighted by Crippen LogP contribution is 2.38. The van der Waals surface area contributed by atoms with Gasteiger partial charge in [-0.1, -0.05) is 6.92 Å². The molecule has 1 saturated carbocycles. The summed E-state index contributed by atoms with van der Waals surface area (Å²) in [4.78, 5) is 0. The lowest BCUT2D eigenvalue weighted by Gasteiger charge is -2.14. The van der Waals surface area contributed by atoms with Gasteiger partial charge in [0.2, 0.25) is 10.0 Å². The summed E-state index contributed by atoms with van der Waals surface area (Å²) in [6, 6.07) is 0. The highest BCUT2D eigenvalue weighted by Gasteiger charge is 2.35. The molecule has 12 heavy (non-hydrogen) atoms. The van der Waals surface area contributed by atoms with Gasteiger partial charge in [0.1, 0.15) is 5.21 Å². The van der Waals surface area contributed by atoms with Crippen LogP contribution in [0.3, 0.4) is 0 Å². The van der Waals surface area contributed by atoms with E-state index in [1.807, 2.05) is 0 Å². The van der Waals surface area contributed by atoms with E-state index < -0.39 is 10.0 Å². The molecule has 1 fully saturated rings. The molecule has 72 valence electrons. The molecule has 1 rings (SSSR count). The maximum absolute atomic E-state index is 11.2. The Morgan fingerprint density at radius 1 is 1.58 bits per heavy atom. The van der Waals surface area contributed by atoms with E-state index in [1.165, 1.54) is 4.31 Å². The summed E-state index contributed by atoms with van der Waals surface area (Å²) in [6.07, 6.45) is 1.14. The molecule has 3 nitrogen and oxygen atoms in total. The summed E-state index contributed by atoms with van der Waals surface area (Å²) in [5.74, 6) is 1.23. The van der Waals surface area contributed by atoms with E-state index in [4.69, 9.17) is 11.6 Å². The number of sulfonamides is 1. The van der Waals surface area contributed by atoms with Crippen molar-refractivity contribution in [3.63, 3.8) is 0 Å². The van der Waals surface area contributed by atoms with Crippen molar-refractivity contribution in [3.05, 3.63) is 0 Å². The van der Waals surface area contributed by atoms with Crippen LogP contribution >= 0.6 is 11.6 Å². The van der Waals surface area contributed by atoms with Crippen molar-refractivity contribution in [1.82, 2.24) is 4.31 Å². The lowest BCUT2D eigenvalue weighted by atomic mass is 10.3. The van der Waals surface area contributed by atoms with Crippen LogP contribution < -0.4 is 0 Å². The number of nitrogens with zero attached hydrogens (tertiary/aromatic N) is 1. The van der Waals surface area contributed by atoms with E-state index in [9.17, 15) is 8.42 Å². The van der Waals surface area contributed by atoms with E-state index >= 15 is 0 Å². The number of alkyl halides is 1. The topological polar surface area (TPSA) is 37.4 Å². The average molecular weight is 212 g/mol. The highest BCUT2D eigenvalue weighted by molar-refractivity contribution is 7.90. The van der Waals surface area contributed by atoms with Crippen LogP contribution in [0.4, 0.5) is 0 Å². The SMILES string of the molecule is CC1CC1CN(C)S(=O)(=O)CCl. The summed E-state index contributed by atoms with van der Waals surface area (Å²) in [6.45, 7) is 2.75. The fourth-order valence-corrected chi connectivity index (χ4v) is 2.27. The largest absolute Gasteiger partial charge is 0.227 e. The van der Waals surface area contributed by atoms with Crippen LogP contribution in [0.1, 0.15) is 13.3 Å². The Kier molecular flexibility index (Phi) is 3.01. The minimum Gasteiger partial charge on any atom is -0.211 e. The first-order valence-corrected chi connectivity index (χ1v) is 6.11. The minimum atomic E-state index is -3.18. The van der Waals surface area contributed by atoms with Crippen LogP contribution in [0.2, 0.25) is 0 Å². The van der Waals surface area contributed by atoms with E-state index in [2.05, 4.69) is 6.92 Å². The third-order valence-electron chi connectivity index (χ3n) is 2.38. The number of rotatable bonds is 4. The summed E-state index contributed by atoms with van der Waals surface area (Å²) in [5.41, 5.74) is 0. The molecule has 0 bridgehead atoms. The second-order valence-corrected chi connectivity index (χ2v) is 6.13. The summed E-state index contributed by atoms with van der Waals surface area (Å²) >= 11 is 5.30. The van der Waals surface area contributed by atoms with Crippen LogP contribution in [0, 0.1) is 11.8 Å². The zero-order chi connectivity index (χ0) is 9.35. The summed E-state index contributed by atoms with van der Waals surface area (Å²) in [7, 11) is -1.59. The predicted octanol–water partition coefficient (Wildman–Crippen LogP) is 1.10. The van der Waals surface area contributed by atoms with Crippen molar-refractivity contribution in [2.24, 2.45) is 11.8 Å². The van der Waals surface area contributed by atoms with Gasteiger partial charge in [0, 0.05) is 13.6 Å². The lowest BCUT2D eigenvalue weighted by molar-refractivity contribution is 0.448. The molecule has 5 heteroatoms. The van der Waals surface area contributed by atoms with Crippen molar-refractivity contribution >= 4 is 21.6 Å². The van der Waals surface area contributed by atoms with Crippen molar-refractivity contribution in [2.75, 3.05) is 18.8 Å². The molecule has 0 aromatic carbocycles. The Morgan fingerprint density at radius 3 is 2.42 bits per heavy atom. The molecule has 0 saturated heterocycles. The molecule has 2 unspecified atom stereocenters. The summed E-state index contributed by atoms with van der Waals surface area (Å²) in [5, 5.41) is -0.315. The summed E-state index contributed by atoms with van der Waals surface area (Å²) < 4.78 is 23.7. The molecule has 0 radical (unpaired) electrons. The zero-order valence-corrected chi connectivity index (χ0v) is 8.90. The maximum atomic E-state index is 11.2. The van der Waals surface area contributed by atoms with Gasteiger partial charge in [-0.05, 0) is 18.3 Å². The molecular weight excluding hydrogens is 198 g/mol. The van der Waals surface area contributed by atoms with Gasteiger partial charge in [-0.3, -0.25) is 0 Å². The van der Waals surface area contributed by atoms with Gasteiger partial charge in [0.05, 0.1) is 0 Å². The quantitative estimate of drug-likeness (QED) is 0.654. The molecule has 1 aliphatic rings. The van der Waals surface area contributed by atoms with E-state index in [-0.39, 0.29) is 5.21 Å². The molecular formula is C7H14ClNO2S. The molecule has 2 atom stereocenters. The standard InChI is InChI=1S/C7H14ClNO2S/c1-6-3-7(6)4-9(2)12(10,11)5-8/h6-7H,3-5H2,1-2H3. The number of halogens is 1. The van der Waals surface area contributed by atoms with Crippen molar-refractivity contribution in [3.8, 4) is 0 Å². The van der Waals surface area contributed by atoms with Crippen LogP contribution in [-0.4, -0.2) is 31.5 Å². The molecule has 0 aromatic heterocycles. The fraction of sp³-hybridized carbons (Fsp3) is 1.00. The van der Waals surface area contributed by atoms with Gasteiger partial charge in [-0.2, -0.15) is 0 Å². The first kappa shape index (κ1) is 10.3. The maximum Gasteiger partial charge on any atom is 0.227 e. The fourth-order valence-electron chi connectivity index (χ4n) is 1.18. The third kappa shape index (κ3) is 2.34. The molecule has 0 heterocycles. The van der Waals surface area contributed by atoms with Gasteiger partial charge < -0.3 is 0 Å². The number of hydrogen-bond acceptors (Lipinski definition) is 2. The third-order valence-corrected chi connectivity index (χ3v) is 4.58. The highest BCUT2D eigenvalue weighted by atomic mass is 35.5. The Bertz CT molecular complexity index is 252. The smallest absolute Gasteiger partial charge is 0.211 e. The first-order valence-electron chi connectivity index (χ1n) is 3.97. The first-order chi connectivity index (χ1) is 5.47. The Balaban J connectivity index is 2.43. The monoisotopic (exact) mass is 211 g/mol. The predicted molar refractivity (Wildman–Crippen MR) is 49.5 cm³/mol. The van der Waals surface area contributed by atoms with Crippen molar-refractivity contribution in [2.45, 2.75) is 13.3 Å². The van der Waals surface area contributed by atoms with Gasteiger partial charge in [0.25, 0.3) is 0 Å². The molecule has 0 spiro atoms. The van der Waals surface area contributed by atoms with Crippen LogP contribution in [0.25, 0.3) is 0 Å². The molecule has 0 aliphatic heterocycles. The van der Waals surface area contributed by atoms with Crippen LogP contribution in [0.5, 0.6) is 0 Å². The molecule has 0 N–H and O–H groups in total. The van der Waals surface area contributed by atoms with Crippen LogP contribution in [0.15, 0.2) is 0 Å². The lowest BCUT2D eigenvalue weighted by Crippen LogP contribution is -2.29. The second kappa shape index (κ2) is 3.52. The second-order valence-electron chi connectivity index (χ2n) is 3.47. The minimum absolute atomic E-state index is 0.315. The molecule has 0 amide bonds. The normalized spacial score (nSPS) is 29.3. The van der Waals surface area contributed by atoms with E-state index in [0.29, 0.717) is 18.4 Å². The van der Waals surface area contributed by atoms with Gasteiger partial charge >= 0.3 is 0 Å². The van der Waals surface area contributed by atoms with Gasteiger partial charge in [-0.25, -0.2) is 12.7 Å². The van der Waals surface area contributed by atoms with Crippen LogP contribution in [-0.2, 0) is 10.0 Å². The van der Waals surface area contributed by atoms with Crippen molar-refractivity contribution in [1.29, 1.82) is 0 Å². The molecule has 1 aliphatic carbocycles. The van der Waals surface area contributed by atoms with Gasteiger partial charge in [-0.15, -0.1) is 11.6 Å². The van der Waals surface area contributed by atoms with E-state index in [0.717, 1.165) is 6.42 Å². The zero-order valence-electron chi connectivity index (χ0n) is 7.33. The Labute approximate surface area is 78.7 Å². The van der Waals surface area contributed by atoms with Crippen molar-refractivity contribution < 1.29 is 8.42 Å². The Hall–Kier alpha value is 0.200.